The van der Waals surface area contributed by atoms with Crippen LogP contribution in [0.2, 0.25) is 5.02 Å². The summed E-state index contributed by atoms with van der Waals surface area (Å²) >= 11 is 11.9. The van der Waals surface area contributed by atoms with E-state index in [0.717, 1.165) is 24.0 Å². The minimum Gasteiger partial charge on any atom is -0.487 e. The number of benzene rings is 3. The molecule has 3 aromatic carbocycles. The Labute approximate surface area is 271 Å². The highest BCUT2D eigenvalue weighted by atomic mass is 127. The standard InChI is InChI=1S/C30H22ClFI2N2O4S/c1-3-39-29(38)25-16(2)35-30-36(26(25)18-8-10-20(32)11-9-18)28(37)24(41-30)14-17-12-22(33)27(23(34)13-17)40-15-19-6-4-5-7-21(19)31/h4-14,26H,3,15H2,1-2H3/b24-14-/t26-/m0/s1. The summed E-state index contributed by atoms with van der Waals surface area (Å²) in [4.78, 5) is 31.9. The Morgan fingerprint density at radius 3 is 2.49 bits per heavy atom. The number of halogens is 4. The third-order valence-corrected chi connectivity index (χ3v) is 9.31. The molecule has 0 N–H and O–H groups in total. The highest BCUT2D eigenvalue weighted by Crippen LogP contribution is 2.32. The molecule has 0 radical (unpaired) electrons. The molecule has 5 rings (SSSR count). The molecular formula is C30H22ClFI2N2O4S. The molecule has 0 spiro atoms. The first-order valence-electron chi connectivity index (χ1n) is 12.5. The zero-order valence-corrected chi connectivity index (χ0v) is 27.7. The Bertz CT molecular complexity index is 1850. The molecule has 0 saturated heterocycles. The molecule has 1 atom stereocenters. The van der Waals surface area contributed by atoms with Gasteiger partial charge in [0.1, 0.15) is 18.2 Å². The van der Waals surface area contributed by atoms with E-state index in [2.05, 4.69) is 50.2 Å². The van der Waals surface area contributed by atoms with E-state index in [0.29, 0.717) is 32.2 Å². The van der Waals surface area contributed by atoms with Crippen molar-refractivity contribution in [2.75, 3.05) is 6.61 Å². The summed E-state index contributed by atoms with van der Waals surface area (Å²) in [6, 6.07) is 16.4. The number of fused-ring (bicyclic) bond motifs is 1. The molecule has 2 heterocycles. The maximum atomic E-state index is 13.8. The van der Waals surface area contributed by atoms with Crippen molar-refractivity contribution in [3.05, 3.63) is 126 Å². The average Bonchev–Trinajstić information content (AvgIpc) is 3.23. The second-order valence-corrected chi connectivity index (χ2v) is 12.8. The molecule has 210 valence electrons. The molecule has 4 aromatic rings. The van der Waals surface area contributed by atoms with Gasteiger partial charge >= 0.3 is 5.97 Å². The zero-order chi connectivity index (χ0) is 29.3. The lowest BCUT2D eigenvalue weighted by molar-refractivity contribution is -0.139. The predicted octanol–water partition coefficient (Wildman–Crippen LogP) is 6.38. The highest BCUT2D eigenvalue weighted by molar-refractivity contribution is 14.1. The van der Waals surface area contributed by atoms with Crippen LogP contribution in [0.5, 0.6) is 5.75 Å². The third-order valence-electron chi connectivity index (χ3n) is 6.35. The van der Waals surface area contributed by atoms with Crippen molar-refractivity contribution in [3.8, 4) is 5.75 Å². The van der Waals surface area contributed by atoms with Crippen molar-refractivity contribution >= 4 is 80.2 Å². The van der Waals surface area contributed by atoms with Crippen LogP contribution in [0.3, 0.4) is 0 Å². The van der Waals surface area contributed by atoms with Gasteiger partial charge in [-0.25, -0.2) is 14.2 Å². The van der Waals surface area contributed by atoms with Crippen molar-refractivity contribution in [2.24, 2.45) is 4.99 Å². The lowest BCUT2D eigenvalue weighted by Gasteiger charge is -2.24. The van der Waals surface area contributed by atoms with Gasteiger partial charge in [0.2, 0.25) is 0 Å². The largest absolute Gasteiger partial charge is 0.487 e. The van der Waals surface area contributed by atoms with Gasteiger partial charge in [-0.2, -0.15) is 0 Å². The van der Waals surface area contributed by atoms with Crippen LogP contribution in [0.25, 0.3) is 6.08 Å². The molecule has 41 heavy (non-hydrogen) atoms. The van der Waals surface area contributed by atoms with Gasteiger partial charge in [0.25, 0.3) is 5.56 Å². The molecule has 1 aliphatic rings. The smallest absolute Gasteiger partial charge is 0.338 e. The molecule has 0 amide bonds. The second-order valence-electron chi connectivity index (χ2n) is 9.05. The number of carbonyl (C=O) groups excluding carboxylic acids is 1. The number of thiazole rings is 1. The molecule has 0 fully saturated rings. The highest BCUT2D eigenvalue weighted by Gasteiger charge is 2.33. The van der Waals surface area contributed by atoms with Crippen molar-refractivity contribution in [3.63, 3.8) is 0 Å². The SMILES string of the molecule is CCOC(=O)C1=C(C)N=c2s/c(=C\c3cc(I)c(OCc4ccccc4Cl)c(I)c3)c(=O)n2[C@H]1c1ccc(F)cc1. The van der Waals surface area contributed by atoms with E-state index in [1.807, 2.05) is 36.4 Å². The van der Waals surface area contributed by atoms with Crippen LogP contribution < -0.4 is 19.6 Å². The number of hydrogen-bond donors (Lipinski definition) is 0. The van der Waals surface area contributed by atoms with E-state index < -0.39 is 17.8 Å². The molecule has 1 aliphatic heterocycles. The van der Waals surface area contributed by atoms with Crippen LogP contribution in [0.1, 0.15) is 36.6 Å². The van der Waals surface area contributed by atoms with Crippen LogP contribution in [0.15, 0.2) is 81.7 Å². The van der Waals surface area contributed by atoms with Gasteiger partial charge in [-0.05, 0) is 107 Å². The summed E-state index contributed by atoms with van der Waals surface area (Å²) in [7, 11) is 0. The van der Waals surface area contributed by atoms with Crippen molar-refractivity contribution in [1.82, 2.24) is 4.57 Å². The van der Waals surface area contributed by atoms with E-state index >= 15 is 0 Å². The lowest BCUT2D eigenvalue weighted by Crippen LogP contribution is -2.39. The normalized spacial score (nSPS) is 15.0. The first kappa shape index (κ1) is 29.9. The Hall–Kier alpha value is -2.55. The second kappa shape index (κ2) is 12.8. The first-order valence-corrected chi connectivity index (χ1v) is 15.8. The number of carbonyl (C=O) groups is 1. The minimum atomic E-state index is -0.797. The summed E-state index contributed by atoms with van der Waals surface area (Å²) < 4.78 is 28.9. The van der Waals surface area contributed by atoms with Crippen LogP contribution in [0, 0.1) is 13.0 Å². The maximum absolute atomic E-state index is 13.8. The van der Waals surface area contributed by atoms with Gasteiger partial charge in [0.15, 0.2) is 4.80 Å². The maximum Gasteiger partial charge on any atom is 0.338 e. The topological polar surface area (TPSA) is 69.9 Å². The number of rotatable bonds is 7. The van der Waals surface area contributed by atoms with E-state index in [1.165, 1.54) is 28.0 Å². The molecule has 0 unspecified atom stereocenters. The third kappa shape index (κ3) is 6.30. The van der Waals surface area contributed by atoms with Crippen molar-refractivity contribution in [1.29, 1.82) is 0 Å². The number of allylic oxidation sites excluding steroid dienone is 1. The Morgan fingerprint density at radius 1 is 1.15 bits per heavy atom. The Balaban J connectivity index is 1.56. The fourth-order valence-electron chi connectivity index (χ4n) is 4.47. The zero-order valence-electron chi connectivity index (χ0n) is 21.8. The molecule has 0 saturated carbocycles. The monoisotopic (exact) mass is 814 g/mol. The number of esters is 1. The first-order chi connectivity index (χ1) is 19.7. The molecule has 0 aliphatic carbocycles. The van der Waals surface area contributed by atoms with E-state index in [1.54, 1.807) is 32.1 Å². The number of ether oxygens (including phenoxy) is 2. The summed E-state index contributed by atoms with van der Waals surface area (Å²) in [5.41, 5.74) is 2.69. The van der Waals surface area contributed by atoms with Crippen LogP contribution >= 0.6 is 68.1 Å². The molecule has 1 aromatic heterocycles. The van der Waals surface area contributed by atoms with Gasteiger partial charge in [-0.3, -0.25) is 9.36 Å². The van der Waals surface area contributed by atoms with E-state index in [9.17, 15) is 14.0 Å². The molecule has 6 nitrogen and oxygen atoms in total. The number of nitrogens with zero attached hydrogens (tertiary/aromatic N) is 2. The quantitative estimate of drug-likeness (QED) is 0.161. The Morgan fingerprint density at radius 2 is 1.83 bits per heavy atom. The molecule has 0 bridgehead atoms. The summed E-state index contributed by atoms with van der Waals surface area (Å²) in [5, 5.41) is 0.643. The van der Waals surface area contributed by atoms with Gasteiger partial charge in [0, 0.05) is 10.6 Å². The fourth-order valence-corrected chi connectivity index (χ4v) is 7.83. The van der Waals surface area contributed by atoms with Gasteiger partial charge in [-0.15, -0.1) is 0 Å². The van der Waals surface area contributed by atoms with Gasteiger partial charge < -0.3 is 9.47 Å². The fraction of sp³-hybridized carbons (Fsp3) is 0.167. The van der Waals surface area contributed by atoms with Crippen LogP contribution in [-0.2, 0) is 16.1 Å². The van der Waals surface area contributed by atoms with Crippen LogP contribution in [-0.4, -0.2) is 17.1 Å². The van der Waals surface area contributed by atoms with E-state index in [4.69, 9.17) is 21.1 Å². The molecule has 11 heteroatoms. The lowest BCUT2D eigenvalue weighted by atomic mass is 9.96. The van der Waals surface area contributed by atoms with E-state index in [-0.39, 0.29) is 17.7 Å². The summed E-state index contributed by atoms with van der Waals surface area (Å²) in [6.07, 6.45) is 1.80. The predicted molar refractivity (Wildman–Crippen MR) is 174 cm³/mol. The van der Waals surface area contributed by atoms with Crippen molar-refractivity contribution in [2.45, 2.75) is 26.5 Å². The number of hydrogen-bond acceptors (Lipinski definition) is 6. The van der Waals surface area contributed by atoms with Crippen molar-refractivity contribution < 1.29 is 18.7 Å². The Kier molecular flexibility index (Phi) is 9.31. The van der Waals surface area contributed by atoms with Crippen LogP contribution in [0.4, 0.5) is 4.39 Å². The molecular weight excluding hydrogens is 793 g/mol. The average molecular weight is 815 g/mol. The summed E-state index contributed by atoms with van der Waals surface area (Å²) in [6.45, 7) is 3.93. The minimum absolute atomic E-state index is 0.172. The van der Waals surface area contributed by atoms with Gasteiger partial charge in [-0.1, -0.05) is 53.3 Å². The van der Waals surface area contributed by atoms with Gasteiger partial charge in [0.05, 0.1) is 35.6 Å². The summed E-state index contributed by atoms with van der Waals surface area (Å²) in [5.74, 6) is -0.243. The number of aromatic nitrogens is 1.